The Morgan fingerprint density at radius 2 is 2.08 bits per heavy atom. The van der Waals surface area contributed by atoms with Crippen LogP contribution in [-0.4, -0.2) is 12.8 Å². The second kappa shape index (κ2) is 6.17. The van der Waals surface area contributed by atoms with E-state index in [2.05, 4.69) is 25.1 Å². The lowest BCUT2D eigenvalue weighted by atomic mass is 10.1. The van der Waals surface area contributed by atoms with Gasteiger partial charge >= 0.3 is 0 Å². The van der Waals surface area contributed by atoms with E-state index in [1.54, 1.807) is 0 Å². The summed E-state index contributed by atoms with van der Waals surface area (Å²) in [5.74, 6) is 2.04. The van der Waals surface area contributed by atoms with Crippen molar-refractivity contribution in [1.29, 1.82) is 0 Å². The van der Waals surface area contributed by atoms with Gasteiger partial charge in [0.15, 0.2) is 0 Å². The van der Waals surface area contributed by atoms with Crippen LogP contribution in [0.25, 0.3) is 0 Å². The molecule has 13 heavy (non-hydrogen) atoms. The number of aliphatic imine (C=N–C) groups is 1. The molecule has 1 aliphatic carbocycles. The summed E-state index contributed by atoms with van der Waals surface area (Å²) in [6, 6.07) is 0. The Labute approximate surface area is 82.6 Å². The third-order valence-corrected chi connectivity index (χ3v) is 2.97. The minimum Gasteiger partial charge on any atom is -0.298 e. The number of nitrogens with zero attached hydrogens (tertiary/aromatic N) is 1. The van der Waals surface area contributed by atoms with Crippen molar-refractivity contribution in [1.82, 2.24) is 0 Å². The Kier molecular flexibility index (Phi) is 5.10. The molecule has 0 radical (unpaired) electrons. The fraction of sp³-hybridized carbons (Fsp3) is 0.917. The summed E-state index contributed by atoms with van der Waals surface area (Å²) >= 11 is 0. The SMILES string of the molecule is CCCCCC1CC1CC=NCC. The molecule has 1 aliphatic rings. The lowest BCUT2D eigenvalue weighted by molar-refractivity contribution is 0.588. The molecule has 0 bridgehead atoms. The van der Waals surface area contributed by atoms with Gasteiger partial charge in [-0.25, -0.2) is 0 Å². The summed E-state index contributed by atoms with van der Waals surface area (Å²) in [7, 11) is 0. The van der Waals surface area contributed by atoms with Gasteiger partial charge in [0.05, 0.1) is 0 Å². The number of rotatable bonds is 7. The molecule has 1 rings (SSSR count). The Hall–Kier alpha value is -0.330. The third kappa shape index (κ3) is 4.44. The first-order valence-corrected chi connectivity index (χ1v) is 5.86. The smallest absolute Gasteiger partial charge is 0.0357 e. The van der Waals surface area contributed by atoms with Crippen molar-refractivity contribution in [2.24, 2.45) is 16.8 Å². The van der Waals surface area contributed by atoms with Crippen LogP contribution in [0.1, 0.15) is 52.4 Å². The first kappa shape index (κ1) is 10.7. The van der Waals surface area contributed by atoms with E-state index in [0.29, 0.717) is 0 Å². The van der Waals surface area contributed by atoms with Crippen molar-refractivity contribution < 1.29 is 0 Å². The molecule has 2 atom stereocenters. The topological polar surface area (TPSA) is 12.4 Å². The normalized spacial score (nSPS) is 26.9. The van der Waals surface area contributed by atoms with Gasteiger partial charge in [0.1, 0.15) is 0 Å². The maximum absolute atomic E-state index is 4.26. The van der Waals surface area contributed by atoms with Crippen molar-refractivity contribution in [3.63, 3.8) is 0 Å². The van der Waals surface area contributed by atoms with E-state index in [0.717, 1.165) is 18.4 Å². The highest BCUT2D eigenvalue weighted by atomic mass is 14.7. The minimum absolute atomic E-state index is 0.952. The van der Waals surface area contributed by atoms with E-state index >= 15 is 0 Å². The lowest BCUT2D eigenvalue weighted by Crippen LogP contribution is -1.86. The molecule has 1 heteroatoms. The predicted molar refractivity (Wildman–Crippen MR) is 59.4 cm³/mol. The summed E-state index contributed by atoms with van der Waals surface area (Å²) in [5.41, 5.74) is 0. The lowest BCUT2D eigenvalue weighted by Gasteiger charge is -1.96. The fourth-order valence-electron chi connectivity index (χ4n) is 1.95. The van der Waals surface area contributed by atoms with Gasteiger partial charge in [0.25, 0.3) is 0 Å². The average Bonchev–Trinajstić information content (AvgIpc) is 2.85. The molecule has 2 unspecified atom stereocenters. The zero-order chi connectivity index (χ0) is 9.52. The maximum atomic E-state index is 4.26. The molecule has 0 aromatic carbocycles. The van der Waals surface area contributed by atoms with Gasteiger partial charge in [0.2, 0.25) is 0 Å². The van der Waals surface area contributed by atoms with Gasteiger partial charge in [-0.1, -0.05) is 32.6 Å². The van der Waals surface area contributed by atoms with Crippen molar-refractivity contribution in [2.45, 2.75) is 52.4 Å². The summed E-state index contributed by atoms with van der Waals surface area (Å²) in [6.45, 7) is 5.33. The molecule has 1 saturated carbocycles. The van der Waals surface area contributed by atoms with Crippen LogP contribution in [-0.2, 0) is 0 Å². The standard InChI is InChI=1S/C12H23N/c1-3-5-6-7-11-10-12(11)8-9-13-4-2/h9,11-12H,3-8,10H2,1-2H3. The van der Waals surface area contributed by atoms with E-state index < -0.39 is 0 Å². The summed E-state index contributed by atoms with van der Waals surface area (Å²) in [4.78, 5) is 4.26. The molecule has 0 aromatic heterocycles. The van der Waals surface area contributed by atoms with Gasteiger partial charge < -0.3 is 0 Å². The van der Waals surface area contributed by atoms with Crippen molar-refractivity contribution in [3.8, 4) is 0 Å². The van der Waals surface area contributed by atoms with Crippen LogP contribution in [0.3, 0.4) is 0 Å². The van der Waals surface area contributed by atoms with Crippen molar-refractivity contribution in [2.75, 3.05) is 6.54 Å². The van der Waals surface area contributed by atoms with E-state index in [4.69, 9.17) is 0 Å². The highest BCUT2D eigenvalue weighted by Gasteiger charge is 2.34. The van der Waals surface area contributed by atoms with E-state index in [-0.39, 0.29) is 0 Å². The summed E-state index contributed by atoms with van der Waals surface area (Å²) in [5, 5.41) is 0. The Bertz CT molecular complexity index is 151. The molecule has 0 spiro atoms. The van der Waals surface area contributed by atoms with Crippen molar-refractivity contribution >= 4 is 6.21 Å². The molecule has 0 aliphatic heterocycles. The largest absolute Gasteiger partial charge is 0.298 e. The molecule has 0 aromatic rings. The fourth-order valence-corrected chi connectivity index (χ4v) is 1.95. The second-order valence-corrected chi connectivity index (χ2v) is 4.17. The van der Waals surface area contributed by atoms with Gasteiger partial charge in [-0.2, -0.15) is 0 Å². The quantitative estimate of drug-likeness (QED) is 0.419. The van der Waals surface area contributed by atoms with Crippen LogP contribution in [0.5, 0.6) is 0 Å². The van der Waals surface area contributed by atoms with E-state index in [9.17, 15) is 0 Å². The van der Waals surface area contributed by atoms with E-state index in [1.165, 1.54) is 38.5 Å². The van der Waals surface area contributed by atoms with Crippen LogP contribution in [0.2, 0.25) is 0 Å². The Morgan fingerprint density at radius 1 is 1.23 bits per heavy atom. The number of unbranched alkanes of at least 4 members (excludes halogenated alkanes) is 2. The summed E-state index contributed by atoms with van der Waals surface area (Å²) in [6.07, 6.45) is 10.5. The zero-order valence-electron chi connectivity index (χ0n) is 9.13. The first-order chi connectivity index (χ1) is 6.38. The second-order valence-electron chi connectivity index (χ2n) is 4.17. The van der Waals surface area contributed by atoms with Crippen LogP contribution >= 0.6 is 0 Å². The highest BCUT2D eigenvalue weighted by Crippen LogP contribution is 2.44. The molecule has 0 amide bonds. The maximum Gasteiger partial charge on any atom is 0.0357 e. The number of hydrogen-bond acceptors (Lipinski definition) is 1. The molecule has 0 N–H and O–H groups in total. The molecule has 76 valence electrons. The van der Waals surface area contributed by atoms with Crippen LogP contribution in [0.4, 0.5) is 0 Å². The zero-order valence-corrected chi connectivity index (χ0v) is 9.13. The monoisotopic (exact) mass is 181 g/mol. The van der Waals surface area contributed by atoms with Crippen LogP contribution in [0, 0.1) is 11.8 Å². The van der Waals surface area contributed by atoms with Gasteiger partial charge in [-0.05, 0) is 37.8 Å². The molecular formula is C12H23N. The summed E-state index contributed by atoms with van der Waals surface area (Å²) < 4.78 is 0. The van der Waals surface area contributed by atoms with Crippen molar-refractivity contribution in [3.05, 3.63) is 0 Å². The molecular weight excluding hydrogens is 158 g/mol. The Balaban J connectivity index is 1.93. The highest BCUT2D eigenvalue weighted by molar-refractivity contribution is 5.58. The average molecular weight is 181 g/mol. The van der Waals surface area contributed by atoms with Gasteiger partial charge in [-0.3, -0.25) is 4.99 Å². The van der Waals surface area contributed by atoms with E-state index in [1.807, 2.05) is 0 Å². The molecule has 1 nitrogen and oxygen atoms in total. The molecule has 1 fully saturated rings. The third-order valence-electron chi connectivity index (χ3n) is 2.97. The molecule has 0 saturated heterocycles. The Morgan fingerprint density at radius 3 is 2.77 bits per heavy atom. The first-order valence-electron chi connectivity index (χ1n) is 5.86. The molecule has 0 heterocycles. The van der Waals surface area contributed by atoms with Crippen LogP contribution < -0.4 is 0 Å². The predicted octanol–water partition coefficient (Wildman–Crippen LogP) is 3.68. The van der Waals surface area contributed by atoms with Gasteiger partial charge in [0, 0.05) is 6.54 Å². The number of hydrogen-bond donors (Lipinski definition) is 0. The van der Waals surface area contributed by atoms with Crippen LogP contribution in [0.15, 0.2) is 4.99 Å². The minimum atomic E-state index is 0.952. The van der Waals surface area contributed by atoms with Gasteiger partial charge in [-0.15, -0.1) is 0 Å².